The molecule has 0 saturated carbocycles. The van der Waals surface area contributed by atoms with Crippen LogP contribution in [0, 0.1) is 0 Å². The Kier molecular flexibility index (Phi) is 5.96. The predicted octanol–water partition coefficient (Wildman–Crippen LogP) is 2.12. The Balaban J connectivity index is 0.00000225. The molecule has 0 amide bonds. The number of carboxylic acid groups (broad SMARTS) is 1. The van der Waals surface area contributed by atoms with Crippen LogP contribution >= 0.6 is 0 Å². The van der Waals surface area contributed by atoms with Crippen LogP contribution in [0.2, 0.25) is 0 Å². The molecule has 1 N–H and O–H groups in total. The van der Waals surface area contributed by atoms with Crippen molar-refractivity contribution in [3.63, 3.8) is 0 Å². The molecule has 0 saturated heterocycles. The maximum Gasteiger partial charge on any atom is 0.335 e. The predicted molar refractivity (Wildman–Crippen MR) is 91.6 cm³/mol. The van der Waals surface area contributed by atoms with Gasteiger partial charge in [-0.15, -0.1) is 0 Å². The first-order chi connectivity index (χ1) is 11.3. The van der Waals surface area contributed by atoms with Gasteiger partial charge in [0.1, 0.15) is 18.1 Å². The average Bonchev–Trinajstić information content (AvgIpc) is 2.53. The summed E-state index contributed by atoms with van der Waals surface area (Å²) in [6, 6.07) is 6.89. The van der Waals surface area contributed by atoms with Gasteiger partial charge in [-0.2, -0.15) is 0 Å². The largest absolute Gasteiger partial charge is 0.612 e. The van der Waals surface area contributed by atoms with E-state index in [9.17, 15) is 18.7 Å². The molecular weight excluding hydrogens is 418 g/mol. The van der Waals surface area contributed by atoms with Crippen molar-refractivity contribution in [2.45, 2.75) is 9.79 Å². The van der Waals surface area contributed by atoms with E-state index in [2.05, 4.69) is 0 Å². The molecule has 6 nitrogen and oxygen atoms in total. The van der Waals surface area contributed by atoms with Gasteiger partial charge in [0.05, 0.1) is 22.4 Å². The van der Waals surface area contributed by atoms with E-state index in [1.807, 2.05) is 0 Å². The second-order valence-corrected chi connectivity index (χ2v) is 7.88. The van der Waals surface area contributed by atoms with Crippen LogP contribution < -0.4 is 5.43 Å². The van der Waals surface area contributed by atoms with Gasteiger partial charge in [0.25, 0.3) is 0 Å². The number of fused-ring (bicyclic) bond motifs is 2. The number of aromatic carboxylic acids is 1. The second kappa shape index (κ2) is 7.47. The van der Waals surface area contributed by atoms with Crippen LogP contribution in [0.4, 0.5) is 0 Å². The number of carbonyl (C=O) groups is 1. The molecule has 1 heterocycles. The summed E-state index contributed by atoms with van der Waals surface area (Å²) in [5, 5.41) is 9.30. The number of hydrogen-bond acceptors (Lipinski definition) is 5. The zero-order valence-corrected chi connectivity index (χ0v) is 18.0. The van der Waals surface area contributed by atoms with Gasteiger partial charge < -0.3 is 18.6 Å². The SMILES string of the molecule is C[S+]([O-])c1cc([S+](C)[O-])c2oc3ccc(C(=O)O)cc3c(=O)c2c1.[Zn]. The van der Waals surface area contributed by atoms with E-state index in [1.54, 1.807) is 0 Å². The quantitative estimate of drug-likeness (QED) is 0.387. The van der Waals surface area contributed by atoms with E-state index in [-0.39, 0.29) is 51.9 Å². The van der Waals surface area contributed by atoms with Crippen molar-refractivity contribution in [3.8, 4) is 0 Å². The zero-order valence-electron chi connectivity index (χ0n) is 13.4. The van der Waals surface area contributed by atoms with E-state index in [4.69, 9.17) is 9.52 Å². The number of carboxylic acids is 1. The van der Waals surface area contributed by atoms with Gasteiger partial charge in [-0.05, 0) is 40.6 Å². The van der Waals surface area contributed by atoms with Crippen molar-refractivity contribution in [1.29, 1.82) is 0 Å². The van der Waals surface area contributed by atoms with Crippen LogP contribution in [-0.2, 0) is 41.8 Å². The molecule has 126 valence electrons. The molecule has 0 aliphatic carbocycles. The molecule has 0 radical (unpaired) electrons. The van der Waals surface area contributed by atoms with Gasteiger partial charge in [-0.25, -0.2) is 4.79 Å². The van der Waals surface area contributed by atoms with Gasteiger partial charge in [0.15, 0.2) is 10.5 Å². The molecule has 2 atom stereocenters. The fourth-order valence-corrected chi connectivity index (χ4v) is 3.76. The van der Waals surface area contributed by atoms with Crippen LogP contribution in [0.1, 0.15) is 10.4 Å². The van der Waals surface area contributed by atoms with E-state index >= 15 is 0 Å². The Labute approximate surface area is 161 Å². The Morgan fingerprint density at radius 1 is 1.08 bits per heavy atom. The van der Waals surface area contributed by atoms with Gasteiger partial charge in [-0.1, -0.05) is 0 Å². The molecule has 9 heteroatoms. The van der Waals surface area contributed by atoms with Crippen LogP contribution in [-0.4, -0.2) is 32.7 Å². The first-order valence-electron chi connectivity index (χ1n) is 6.74. The Morgan fingerprint density at radius 3 is 2.32 bits per heavy atom. The minimum atomic E-state index is -1.45. The van der Waals surface area contributed by atoms with E-state index < -0.39 is 33.7 Å². The van der Waals surface area contributed by atoms with E-state index in [0.29, 0.717) is 4.90 Å². The Morgan fingerprint density at radius 2 is 1.76 bits per heavy atom. The normalized spacial score (nSPS) is 13.4. The first-order valence-corrected chi connectivity index (χ1v) is 9.86. The summed E-state index contributed by atoms with van der Waals surface area (Å²) < 4.78 is 29.5. The molecule has 3 aromatic rings. The summed E-state index contributed by atoms with van der Waals surface area (Å²) >= 11 is -2.83. The third-order valence-electron chi connectivity index (χ3n) is 3.60. The summed E-state index contributed by atoms with van der Waals surface area (Å²) in [6.07, 6.45) is 2.89. The van der Waals surface area contributed by atoms with Gasteiger partial charge >= 0.3 is 5.97 Å². The standard InChI is InChI=1S/C16H12O6S2.Zn/c1-23(20)9-6-11-14(17)10-5-8(16(18)19)3-4-12(10)22-15(11)13(7-9)24(2)21;/h3-7H,1-2H3,(H,18,19);. The van der Waals surface area contributed by atoms with Gasteiger partial charge in [0.2, 0.25) is 10.3 Å². The Bertz CT molecular complexity index is 1030. The topological polar surface area (TPSA) is 114 Å². The van der Waals surface area contributed by atoms with Crippen molar-refractivity contribution in [2.24, 2.45) is 0 Å². The summed E-state index contributed by atoms with van der Waals surface area (Å²) in [5.41, 5.74) is -0.128. The summed E-state index contributed by atoms with van der Waals surface area (Å²) in [4.78, 5) is 24.5. The molecule has 0 bridgehead atoms. The number of benzene rings is 2. The summed E-state index contributed by atoms with van der Waals surface area (Å²) in [6.45, 7) is 0. The van der Waals surface area contributed by atoms with Crippen molar-refractivity contribution < 1.29 is 42.9 Å². The molecule has 0 spiro atoms. The molecule has 0 aliphatic heterocycles. The van der Waals surface area contributed by atoms with Crippen LogP contribution in [0.3, 0.4) is 0 Å². The molecule has 25 heavy (non-hydrogen) atoms. The molecule has 2 aromatic carbocycles. The second-order valence-electron chi connectivity index (χ2n) is 5.15. The molecule has 1 aromatic heterocycles. The number of rotatable bonds is 3. The molecular formula is C16H12O6S2Zn. The van der Waals surface area contributed by atoms with Crippen molar-refractivity contribution >= 4 is 50.3 Å². The smallest absolute Gasteiger partial charge is 0.335 e. The maximum absolute atomic E-state index is 12.8. The van der Waals surface area contributed by atoms with E-state index in [0.717, 1.165) is 0 Å². The third-order valence-corrected chi connectivity index (χ3v) is 5.42. The van der Waals surface area contributed by atoms with Gasteiger partial charge in [-0.3, -0.25) is 4.79 Å². The van der Waals surface area contributed by atoms with E-state index in [1.165, 1.54) is 42.8 Å². The molecule has 3 rings (SSSR count). The monoisotopic (exact) mass is 428 g/mol. The van der Waals surface area contributed by atoms with Crippen LogP contribution in [0.15, 0.2) is 49.3 Å². The minimum absolute atomic E-state index is 0. The van der Waals surface area contributed by atoms with Crippen molar-refractivity contribution in [2.75, 3.05) is 12.5 Å². The van der Waals surface area contributed by atoms with Crippen molar-refractivity contribution in [1.82, 2.24) is 0 Å². The zero-order chi connectivity index (χ0) is 17.6. The fourth-order valence-electron chi connectivity index (χ4n) is 2.41. The summed E-state index contributed by atoms with van der Waals surface area (Å²) in [5.74, 6) is -1.16. The number of hydrogen-bond donors (Lipinski definition) is 1. The minimum Gasteiger partial charge on any atom is -0.612 e. The summed E-state index contributed by atoms with van der Waals surface area (Å²) in [7, 11) is 0. The van der Waals surface area contributed by atoms with Crippen LogP contribution in [0.5, 0.6) is 0 Å². The average molecular weight is 430 g/mol. The maximum atomic E-state index is 12.8. The Hall–Kier alpha value is -1.38. The molecule has 0 aliphatic rings. The third kappa shape index (κ3) is 3.61. The fraction of sp³-hybridized carbons (Fsp3) is 0.125. The van der Waals surface area contributed by atoms with Gasteiger partial charge in [0, 0.05) is 25.5 Å². The molecule has 2 unspecified atom stereocenters. The first kappa shape index (κ1) is 19.9. The van der Waals surface area contributed by atoms with Crippen LogP contribution in [0.25, 0.3) is 21.9 Å². The molecule has 0 fully saturated rings. The van der Waals surface area contributed by atoms with Crippen molar-refractivity contribution in [3.05, 3.63) is 46.1 Å².